The van der Waals surface area contributed by atoms with E-state index in [0.717, 1.165) is 18.3 Å². The molecule has 1 heterocycles. The lowest BCUT2D eigenvalue weighted by Gasteiger charge is -2.33. The summed E-state index contributed by atoms with van der Waals surface area (Å²) in [5, 5.41) is 0. The number of hydrogen-bond acceptors (Lipinski definition) is 4. The van der Waals surface area contributed by atoms with Crippen LogP contribution < -0.4 is 0 Å². The number of likely N-dealkylation sites (tertiary alicyclic amines) is 1. The van der Waals surface area contributed by atoms with Gasteiger partial charge in [-0.05, 0) is 25.3 Å². The number of carbonyl (C=O) groups excluding carboxylic acids is 3. The summed E-state index contributed by atoms with van der Waals surface area (Å²) in [4.78, 5) is 36.6. The van der Waals surface area contributed by atoms with Crippen LogP contribution in [0.15, 0.2) is 30.3 Å². The molecule has 118 valence electrons. The number of carbonyl (C=O) groups is 3. The second-order valence-corrected chi connectivity index (χ2v) is 5.70. The van der Waals surface area contributed by atoms with Crippen molar-refractivity contribution in [3.63, 3.8) is 0 Å². The molecule has 1 amide bonds. The Labute approximate surface area is 130 Å². The molecule has 22 heavy (non-hydrogen) atoms. The molecule has 2 rings (SSSR count). The fourth-order valence-corrected chi connectivity index (χ4v) is 2.80. The van der Waals surface area contributed by atoms with Crippen LogP contribution in [0.5, 0.6) is 0 Å². The van der Waals surface area contributed by atoms with Crippen LogP contribution in [0.4, 0.5) is 4.79 Å². The van der Waals surface area contributed by atoms with Crippen molar-refractivity contribution in [2.24, 2.45) is 0 Å². The third kappa shape index (κ3) is 3.53. The molecule has 1 aromatic rings. The van der Waals surface area contributed by atoms with Gasteiger partial charge in [-0.3, -0.25) is 9.69 Å². The predicted octanol–water partition coefficient (Wildman–Crippen LogP) is 2.73. The first-order chi connectivity index (χ1) is 10.6. The smallest absolute Gasteiger partial charge is 0.410 e. The van der Waals surface area contributed by atoms with E-state index in [9.17, 15) is 14.4 Å². The third-order valence-corrected chi connectivity index (χ3v) is 4.16. The molecule has 0 aromatic heterocycles. The highest BCUT2D eigenvalue weighted by Crippen LogP contribution is 2.32. The molecule has 0 aliphatic carbocycles. The maximum Gasteiger partial charge on any atom is 0.410 e. The van der Waals surface area contributed by atoms with Gasteiger partial charge in [0.2, 0.25) is 0 Å². The zero-order valence-electron chi connectivity index (χ0n) is 12.8. The number of ether oxygens (including phenoxy) is 1. The molecule has 0 unspecified atom stereocenters. The Morgan fingerprint density at radius 2 is 2.05 bits per heavy atom. The van der Waals surface area contributed by atoms with Gasteiger partial charge in [-0.25, -0.2) is 4.79 Å². The summed E-state index contributed by atoms with van der Waals surface area (Å²) in [7, 11) is 0. The van der Waals surface area contributed by atoms with Crippen molar-refractivity contribution in [2.75, 3.05) is 6.54 Å². The molecule has 0 radical (unpaired) electrons. The van der Waals surface area contributed by atoms with Gasteiger partial charge in [-0.15, -0.1) is 0 Å². The van der Waals surface area contributed by atoms with Gasteiger partial charge in [-0.2, -0.15) is 0 Å². The number of benzene rings is 1. The molecule has 1 aromatic carbocycles. The van der Waals surface area contributed by atoms with Crippen LogP contribution in [0.1, 0.15) is 38.2 Å². The van der Waals surface area contributed by atoms with Gasteiger partial charge in [0.25, 0.3) is 0 Å². The van der Waals surface area contributed by atoms with Gasteiger partial charge < -0.3 is 9.53 Å². The van der Waals surface area contributed by atoms with Crippen molar-refractivity contribution in [1.82, 2.24) is 4.90 Å². The lowest BCUT2D eigenvalue weighted by molar-refractivity contribution is -0.129. The first kappa shape index (κ1) is 16.2. The first-order valence-electron chi connectivity index (χ1n) is 7.53. The molecule has 1 saturated heterocycles. The molecular formula is C17H21NO4. The molecule has 1 fully saturated rings. The van der Waals surface area contributed by atoms with Gasteiger partial charge >= 0.3 is 6.09 Å². The minimum atomic E-state index is -0.850. The fourth-order valence-electron chi connectivity index (χ4n) is 2.80. The Morgan fingerprint density at radius 1 is 1.32 bits per heavy atom. The largest absolute Gasteiger partial charge is 0.445 e. The number of aldehydes is 1. The molecule has 1 atom stereocenters. The Bertz CT molecular complexity index is 543. The van der Waals surface area contributed by atoms with Crippen molar-refractivity contribution >= 4 is 18.2 Å². The van der Waals surface area contributed by atoms with E-state index in [1.54, 1.807) is 6.92 Å². The number of amides is 1. The van der Waals surface area contributed by atoms with Gasteiger partial charge in [0.15, 0.2) is 5.78 Å². The van der Waals surface area contributed by atoms with Crippen LogP contribution >= 0.6 is 0 Å². The van der Waals surface area contributed by atoms with Crippen LogP contribution in [-0.2, 0) is 20.9 Å². The van der Waals surface area contributed by atoms with Crippen molar-refractivity contribution in [2.45, 2.75) is 44.8 Å². The van der Waals surface area contributed by atoms with Crippen LogP contribution in [0.2, 0.25) is 0 Å². The number of rotatable bonds is 6. The van der Waals surface area contributed by atoms with E-state index in [-0.39, 0.29) is 25.2 Å². The molecule has 0 bridgehead atoms. The Morgan fingerprint density at radius 3 is 2.73 bits per heavy atom. The van der Waals surface area contributed by atoms with Gasteiger partial charge in [0.1, 0.15) is 18.4 Å². The average molecular weight is 303 g/mol. The predicted molar refractivity (Wildman–Crippen MR) is 81.3 cm³/mol. The second-order valence-electron chi connectivity index (χ2n) is 5.70. The van der Waals surface area contributed by atoms with Gasteiger partial charge in [0, 0.05) is 19.4 Å². The molecule has 5 heteroatoms. The van der Waals surface area contributed by atoms with Crippen molar-refractivity contribution in [3.05, 3.63) is 35.9 Å². The van der Waals surface area contributed by atoms with Gasteiger partial charge in [-0.1, -0.05) is 30.3 Å². The summed E-state index contributed by atoms with van der Waals surface area (Å²) < 4.78 is 5.33. The van der Waals surface area contributed by atoms with Crippen molar-refractivity contribution in [3.8, 4) is 0 Å². The summed E-state index contributed by atoms with van der Waals surface area (Å²) in [5.41, 5.74) is 0.0561. The van der Waals surface area contributed by atoms with Crippen LogP contribution in [-0.4, -0.2) is 35.1 Å². The van der Waals surface area contributed by atoms with E-state index in [4.69, 9.17) is 4.74 Å². The van der Waals surface area contributed by atoms with Crippen molar-refractivity contribution < 1.29 is 19.1 Å². The first-order valence-corrected chi connectivity index (χ1v) is 7.53. The van der Waals surface area contributed by atoms with Gasteiger partial charge in [0.05, 0.1) is 0 Å². The molecule has 1 aliphatic rings. The monoisotopic (exact) mass is 303 g/mol. The van der Waals surface area contributed by atoms with E-state index in [1.807, 2.05) is 30.3 Å². The normalized spacial score (nSPS) is 20.7. The Hall–Kier alpha value is -2.17. The van der Waals surface area contributed by atoms with E-state index in [2.05, 4.69) is 0 Å². The topological polar surface area (TPSA) is 63.7 Å². The second kappa shape index (κ2) is 7.20. The maximum absolute atomic E-state index is 12.3. The molecule has 0 spiro atoms. The average Bonchev–Trinajstić information content (AvgIpc) is 2.94. The van der Waals surface area contributed by atoms with Crippen molar-refractivity contribution in [1.29, 1.82) is 0 Å². The zero-order chi connectivity index (χ0) is 16.0. The third-order valence-electron chi connectivity index (χ3n) is 4.16. The standard InChI is InChI=1S/C17H21NO4/c1-17(15(20)9-5-12-19)10-6-11-18(17)16(21)22-13-14-7-3-2-4-8-14/h2-4,7-8,12H,5-6,9-11,13H2,1H3/t17-/m0/s1. The van der Waals surface area contributed by atoms with E-state index in [0.29, 0.717) is 13.0 Å². The lowest BCUT2D eigenvalue weighted by atomic mass is 9.90. The molecule has 0 N–H and O–H groups in total. The maximum atomic E-state index is 12.3. The number of nitrogens with zero attached hydrogens (tertiary/aromatic N) is 1. The minimum absolute atomic E-state index is 0.0752. The highest BCUT2D eigenvalue weighted by Gasteiger charge is 2.45. The summed E-state index contributed by atoms with van der Waals surface area (Å²) >= 11 is 0. The van der Waals surface area contributed by atoms with E-state index >= 15 is 0 Å². The van der Waals surface area contributed by atoms with Crippen LogP contribution in [0.25, 0.3) is 0 Å². The molecule has 0 saturated carbocycles. The van der Waals surface area contributed by atoms with Crippen LogP contribution in [0, 0.1) is 0 Å². The number of Topliss-reactive ketones (excluding diaryl/α,β-unsaturated/α-hetero) is 1. The molecule has 5 nitrogen and oxygen atoms in total. The summed E-state index contributed by atoms with van der Waals surface area (Å²) in [6.45, 7) is 2.46. The zero-order valence-corrected chi connectivity index (χ0v) is 12.8. The summed E-state index contributed by atoms with van der Waals surface area (Å²) in [6, 6.07) is 9.42. The SMILES string of the molecule is C[C@@]1(C(=O)CCC=O)CCCN1C(=O)OCc1ccccc1. The minimum Gasteiger partial charge on any atom is -0.445 e. The number of ketones is 1. The molecule has 1 aliphatic heterocycles. The highest BCUT2D eigenvalue weighted by molar-refractivity contribution is 5.92. The van der Waals surface area contributed by atoms with E-state index < -0.39 is 11.6 Å². The quantitative estimate of drug-likeness (QED) is 0.758. The summed E-state index contributed by atoms with van der Waals surface area (Å²) in [5.74, 6) is -0.0752. The Kier molecular flexibility index (Phi) is 5.31. The fraction of sp³-hybridized carbons (Fsp3) is 0.471. The lowest BCUT2D eigenvalue weighted by Crippen LogP contribution is -2.50. The highest BCUT2D eigenvalue weighted by atomic mass is 16.6. The molecular weight excluding hydrogens is 282 g/mol. The Balaban J connectivity index is 1.98. The van der Waals surface area contributed by atoms with E-state index in [1.165, 1.54) is 4.90 Å². The van der Waals surface area contributed by atoms with Crippen LogP contribution in [0.3, 0.4) is 0 Å². The summed E-state index contributed by atoms with van der Waals surface area (Å²) in [6.07, 6.45) is 2.01. The number of hydrogen-bond donors (Lipinski definition) is 0.